The molecule has 0 saturated carbocycles. The molecular formula is C14H16S. The molecule has 2 bridgehead atoms. The molecule has 0 nitrogen and oxygen atoms in total. The summed E-state index contributed by atoms with van der Waals surface area (Å²) in [6, 6.07) is 9.09. The number of thioether (sulfide) groups is 1. The zero-order chi connectivity index (χ0) is 10.3. The van der Waals surface area contributed by atoms with Crippen LogP contribution in [0.25, 0.3) is 0 Å². The van der Waals surface area contributed by atoms with E-state index in [9.17, 15) is 0 Å². The van der Waals surface area contributed by atoms with Gasteiger partial charge in [0.2, 0.25) is 0 Å². The highest BCUT2D eigenvalue weighted by molar-refractivity contribution is 8.00. The third-order valence-electron chi connectivity index (χ3n) is 3.47. The maximum absolute atomic E-state index is 2.44. The molecule has 1 aromatic rings. The summed E-state index contributed by atoms with van der Waals surface area (Å²) in [5.41, 5.74) is 2.88. The zero-order valence-electron chi connectivity index (χ0n) is 9.02. The van der Waals surface area contributed by atoms with Crippen molar-refractivity contribution in [1.29, 1.82) is 0 Å². The molecule has 1 aromatic carbocycles. The van der Waals surface area contributed by atoms with Crippen LogP contribution in [-0.4, -0.2) is 5.25 Å². The van der Waals surface area contributed by atoms with Crippen molar-refractivity contribution in [3.63, 3.8) is 0 Å². The molecule has 15 heavy (non-hydrogen) atoms. The predicted molar refractivity (Wildman–Crippen MR) is 67.2 cm³/mol. The van der Waals surface area contributed by atoms with Crippen LogP contribution in [0.3, 0.4) is 0 Å². The molecule has 1 saturated heterocycles. The maximum Gasteiger partial charge on any atom is 0.0365 e. The van der Waals surface area contributed by atoms with Gasteiger partial charge in [-0.2, -0.15) is 0 Å². The van der Waals surface area contributed by atoms with Gasteiger partial charge in [-0.3, -0.25) is 0 Å². The Balaban J connectivity index is 1.89. The lowest BCUT2D eigenvalue weighted by molar-refractivity contribution is 0.509. The van der Waals surface area contributed by atoms with Crippen LogP contribution >= 0.6 is 11.8 Å². The first-order chi connectivity index (χ1) is 7.33. The number of allylic oxidation sites excluding steroid dienone is 1. The minimum absolute atomic E-state index is 0.717. The predicted octanol–water partition coefficient (Wildman–Crippen LogP) is 4.12. The molecule has 2 heterocycles. The second-order valence-corrected chi connectivity index (χ2v) is 6.02. The van der Waals surface area contributed by atoms with Crippen molar-refractivity contribution >= 4 is 11.8 Å². The summed E-state index contributed by atoms with van der Waals surface area (Å²) in [6.07, 6.45) is 7.61. The Hall–Kier alpha value is -0.690. The molecule has 0 spiro atoms. The normalized spacial score (nSPS) is 33.3. The Kier molecular flexibility index (Phi) is 2.36. The van der Waals surface area contributed by atoms with Gasteiger partial charge in [0.1, 0.15) is 0 Å². The van der Waals surface area contributed by atoms with Crippen LogP contribution in [0.2, 0.25) is 0 Å². The summed E-state index contributed by atoms with van der Waals surface area (Å²) < 4.78 is 0. The van der Waals surface area contributed by atoms with Crippen molar-refractivity contribution in [1.82, 2.24) is 0 Å². The SMILES string of the molecule is Cc1ccc([C@H]2S[C@H]3C=C[C@@H]2CC3)cc1. The fourth-order valence-electron chi connectivity index (χ4n) is 2.55. The van der Waals surface area contributed by atoms with Gasteiger partial charge in [-0.25, -0.2) is 0 Å². The fraction of sp³-hybridized carbons (Fsp3) is 0.429. The van der Waals surface area contributed by atoms with Crippen molar-refractivity contribution < 1.29 is 0 Å². The van der Waals surface area contributed by atoms with Crippen LogP contribution in [0.4, 0.5) is 0 Å². The van der Waals surface area contributed by atoms with E-state index in [0.717, 1.165) is 11.2 Å². The van der Waals surface area contributed by atoms with Crippen molar-refractivity contribution in [2.75, 3.05) is 0 Å². The van der Waals surface area contributed by atoms with Gasteiger partial charge in [-0.1, -0.05) is 42.0 Å². The molecule has 0 aromatic heterocycles. The molecule has 0 radical (unpaired) electrons. The molecule has 2 aliphatic heterocycles. The molecule has 0 unspecified atom stereocenters. The molecule has 3 atom stereocenters. The van der Waals surface area contributed by atoms with Crippen LogP contribution in [-0.2, 0) is 0 Å². The zero-order valence-corrected chi connectivity index (χ0v) is 9.84. The van der Waals surface area contributed by atoms with Gasteiger partial charge in [0, 0.05) is 10.5 Å². The van der Waals surface area contributed by atoms with Crippen LogP contribution in [0.5, 0.6) is 0 Å². The Bertz CT molecular complexity index is 377. The van der Waals surface area contributed by atoms with E-state index < -0.39 is 0 Å². The second kappa shape index (κ2) is 3.71. The molecule has 0 amide bonds. The van der Waals surface area contributed by atoms with Gasteiger partial charge in [0.25, 0.3) is 0 Å². The molecule has 4 rings (SSSR count). The van der Waals surface area contributed by atoms with Crippen LogP contribution in [0.1, 0.15) is 29.2 Å². The smallest absolute Gasteiger partial charge is 0.0365 e. The molecule has 1 heteroatoms. The highest BCUT2D eigenvalue weighted by atomic mass is 32.2. The summed E-state index contributed by atoms with van der Waals surface area (Å²) in [5.74, 6) is 0.780. The number of benzene rings is 1. The molecular weight excluding hydrogens is 200 g/mol. The van der Waals surface area contributed by atoms with Crippen LogP contribution in [0, 0.1) is 12.8 Å². The van der Waals surface area contributed by atoms with E-state index in [1.54, 1.807) is 0 Å². The third kappa shape index (κ3) is 1.74. The van der Waals surface area contributed by atoms with Crippen molar-refractivity contribution in [2.45, 2.75) is 30.3 Å². The van der Waals surface area contributed by atoms with Gasteiger partial charge >= 0.3 is 0 Å². The molecule has 78 valence electrons. The Morgan fingerprint density at radius 2 is 1.87 bits per heavy atom. The van der Waals surface area contributed by atoms with Gasteiger partial charge in [0.05, 0.1) is 0 Å². The number of hydrogen-bond donors (Lipinski definition) is 0. The van der Waals surface area contributed by atoms with E-state index in [0.29, 0.717) is 5.25 Å². The summed E-state index contributed by atoms with van der Waals surface area (Å²) >= 11 is 2.15. The highest BCUT2D eigenvalue weighted by Crippen LogP contribution is 2.50. The lowest BCUT2D eigenvalue weighted by Crippen LogP contribution is -2.23. The van der Waals surface area contributed by atoms with Crippen molar-refractivity contribution in [2.24, 2.45) is 5.92 Å². The first kappa shape index (κ1) is 9.53. The lowest BCUT2D eigenvalue weighted by atomic mass is 9.88. The van der Waals surface area contributed by atoms with Crippen LogP contribution in [0.15, 0.2) is 36.4 Å². The molecule has 1 fully saturated rings. The van der Waals surface area contributed by atoms with Gasteiger partial charge in [0.15, 0.2) is 0 Å². The molecule has 1 aliphatic carbocycles. The summed E-state index contributed by atoms with van der Waals surface area (Å²) in [6.45, 7) is 2.16. The van der Waals surface area contributed by atoms with E-state index in [4.69, 9.17) is 0 Å². The first-order valence-electron chi connectivity index (χ1n) is 5.73. The number of aryl methyl sites for hydroxylation is 1. The number of fused-ring (bicyclic) bond motifs is 2. The summed E-state index contributed by atoms with van der Waals surface area (Å²) in [7, 11) is 0. The monoisotopic (exact) mass is 216 g/mol. The minimum atomic E-state index is 0.717. The maximum atomic E-state index is 2.44. The number of rotatable bonds is 1. The van der Waals surface area contributed by atoms with E-state index >= 15 is 0 Å². The van der Waals surface area contributed by atoms with Crippen molar-refractivity contribution in [3.05, 3.63) is 47.5 Å². The van der Waals surface area contributed by atoms with E-state index in [1.165, 1.54) is 24.0 Å². The standard InChI is InChI=1S/C14H16S/c1-10-2-4-11(5-3-10)14-12-6-8-13(15-14)9-7-12/h2-6,8,12-14H,7,9H2,1H3/t12-,13+,14-/m1/s1. The number of hydrogen-bond acceptors (Lipinski definition) is 1. The Morgan fingerprint density at radius 1 is 1.07 bits per heavy atom. The largest absolute Gasteiger partial charge is 0.146 e. The van der Waals surface area contributed by atoms with Gasteiger partial charge < -0.3 is 0 Å². The summed E-state index contributed by atoms with van der Waals surface area (Å²) in [5, 5.41) is 1.50. The quantitative estimate of drug-likeness (QED) is 0.636. The Labute approximate surface area is 95.8 Å². The molecule has 3 aliphatic rings. The third-order valence-corrected chi connectivity index (χ3v) is 5.13. The average Bonchev–Trinajstić information content (AvgIpc) is 2.31. The van der Waals surface area contributed by atoms with E-state index in [2.05, 4.69) is 55.1 Å². The van der Waals surface area contributed by atoms with E-state index in [-0.39, 0.29) is 0 Å². The van der Waals surface area contributed by atoms with Gasteiger partial charge in [-0.05, 0) is 31.2 Å². The van der Waals surface area contributed by atoms with Crippen molar-refractivity contribution in [3.8, 4) is 0 Å². The summed E-state index contributed by atoms with van der Waals surface area (Å²) in [4.78, 5) is 0. The van der Waals surface area contributed by atoms with Crippen LogP contribution < -0.4 is 0 Å². The topological polar surface area (TPSA) is 0 Å². The van der Waals surface area contributed by atoms with Gasteiger partial charge in [-0.15, -0.1) is 11.8 Å². The highest BCUT2D eigenvalue weighted by Gasteiger charge is 2.33. The molecule has 0 N–H and O–H groups in total. The Morgan fingerprint density at radius 3 is 2.40 bits per heavy atom. The fourth-order valence-corrected chi connectivity index (χ4v) is 4.13. The average molecular weight is 216 g/mol. The lowest BCUT2D eigenvalue weighted by Gasteiger charge is -2.37. The first-order valence-corrected chi connectivity index (χ1v) is 6.67. The second-order valence-electron chi connectivity index (χ2n) is 4.63. The minimum Gasteiger partial charge on any atom is -0.146 e. The van der Waals surface area contributed by atoms with E-state index in [1.807, 2.05) is 0 Å².